The van der Waals surface area contributed by atoms with E-state index < -0.39 is 11.9 Å². The first-order valence-corrected chi connectivity index (χ1v) is 10.9. The van der Waals surface area contributed by atoms with Gasteiger partial charge in [-0.1, -0.05) is 76.6 Å². The van der Waals surface area contributed by atoms with E-state index in [1.807, 2.05) is 78.9 Å². The van der Waals surface area contributed by atoms with Crippen molar-refractivity contribution in [2.75, 3.05) is 0 Å². The van der Waals surface area contributed by atoms with Gasteiger partial charge in [0.15, 0.2) is 0 Å². The Bertz CT molecular complexity index is 1340. The predicted molar refractivity (Wildman–Crippen MR) is 129 cm³/mol. The lowest BCUT2D eigenvalue weighted by molar-refractivity contribution is -0.115. The lowest BCUT2D eigenvalue weighted by Crippen LogP contribution is -2.22. The third-order valence-corrected chi connectivity index (χ3v) is 5.78. The zero-order chi connectivity index (χ0) is 22.1. The first-order valence-electron chi connectivity index (χ1n) is 10.1. The molecule has 0 aliphatic carbocycles. The van der Waals surface area contributed by atoms with Crippen LogP contribution < -0.4 is 10.6 Å². The van der Waals surface area contributed by atoms with Crippen molar-refractivity contribution in [3.8, 4) is 28.2 Å². The summed E-state index contributed by atoms with van der Waals surface area (Å²) in [5, 5.41) is 4.86. The van der Waals surface area contributed by atoms with Crippen molar-refractivity contribution in [1.82, 2.24) is 15.2 Å². The van der Waals surface area contributed by atoms with E-state index >= 15 is 0 Å². The third-order valence-electron chi connectivity index (χ3n) is 5.25. The lowest BCUT2D eigenvalue weighted by Gasteiger charge is -2.15. The van der Waals surface area contributed by atoms with E-state index in [2.05, 4.69) is 43.3 Å². The Labute approximate surface area is 193 Å². The Morgan fingerprint density at radius 3 is 1.97 bits per heavy atom. The van der Waals surface area contributed by atoms with Crippen LogP contribution in [0.25, 0.3) is 34.3 Å². The number of hydrogen-bond acceptors (Lipinski definition) is 2. The van der Waals surface area contributed by atoms with Crippen molar-refractivity contribution in [2.24, 2.45) is 0 Å². The summed E-state index contributed by atoms with van der Waals surface area (Å²) >= 11 is 3.52. The first kappa shape index (κ1) is 20.0. The molecular formula is C26H18BrN3O2. The summed E-state index contributed by atoms with van der Waals surface area (Å²) in [5.41, 5.74) is 5.96. The van der Waals surface area contributed by atoms with Crippen LogP contribution in [-0.4, -0.2) is 16.5 Å². The number of hydrogen-bond donors (Lipinski definition) is 2. The molecule has 2 N–H and O–H groups in total. The number of halogens is 1. The molecule has 0 saturated carbocycles. The van der Waals surface area contributed by atoms with Gasteiger partial charge in [0, 0.05) is 15.7 Å². The molecule has 3 aromatic carbocycles. The van der Waals surface area contributed by atoms with Gasteiger partial charge in [-0.05, 0) is 47.5 Å². The van der Waals surface area contributed by atoms with E-state index in [1.54, 1.807) is 6.08 Å². The van der Waals surface area contributed by atoms with Crippen LogP contribution in [-0.2, 0) is 4.79 Å². The molecule has 1 aromatic heterocycles. The van der Waals surface area contributed by atoms with E-state index in [0.29, 0.717) is 0 Å². The summed E-state index contributed by atoms with van der Waals surface area (Å²) in [7, 11) is 0. The van der Waals surface area contributed by atoms with Gasteiger partial charge in [0.1, 0.15) is 5.70 Å². The summed E-state index contributed by atoms with van der Waals surface area (Å²) < 4.78 is 3.17. The number of nitrogens with one attached hydrogen (secondary N) is 2. The quantitative estimate of drug-likeness (QED) is 0.286. The molecule has 0 unspecified atom stereocenters. The normalized spacial score (nSPS) is 14.5. The maximum absolute atomic E-state index is 12.2. The molecule has 6 heteroatoms. The molecule has 0 atom stereocenters. The van der Waals surface area contributed by atoms with E-state index in [-0.39, 0.29) is 5.70 Å². The Balaban J connectivity index is 1.83. The number of carbonyl (C=O) groups is 2. The van der Waals surface area contributed by atoms with Gasteiger partial charge >= 0.3 is 6.03 Å². The van der Waals surface area contributed by atoms with Crippen molar-refractivity contribution in [3.05, 3.63) is 107 Å². The number of amides is 3. The number of aromatic nitrogens is 1. The molecule has 4 aromatic rings. The number of imide groups is 1. The molecule has 3 amide bonds. The van der Waals surface area contributed by atoms with E-state index in [1.165, 1.54) is 0 Å². The highest BCUT2D eigenvalue weighted by Gasteiger charge is 2.25. The highest BCUT2D eigenvalue weighted by Crippen LogP contribution is 2.37. The summed E-state index contributed by atoms with van der Waals surface area (Å²) in [4.78, 5) is 23.9. The van der Waals surface area contributed by atoms with Crippen LogP contribution in [0.5, 0.6) is 0 Å². The molecule has 1 fully saturated rings. The number of urea groups is 1. The van der Waals surface area contributed by atoms with Gasteiger partial charge in [0.25, 0.3) is 5.91 Å². The first-order chi connectivity index (χ1) is 15.6. The summed E-state index contributed by atoms with van der Waals surface area (Å²) in [6.07, 6.45) is 1.73. The van der Waals surface area contributed by atoms with Crippen LogP contribution in [0, 0.1) is 0 Å². The van der Waals surface area contributed by atoms with Crippen LogP contribution in [0.3, 0.4) is 0 Å². The standard InChI is InChI=1S/C26H18BrN3O2/c27-20-11-13-21(14-12-20)30-23(17-7-3-1-4-8-17)16-19(15-22-25(31)29-26(32)28-22)24(30)18-9-5-2-6-10-18/h1-16H,(H2,28,29,31,32)/b22-15+. The summed E-state index contributed by atoms with van der Waals surface area (Å²) in [6, 6.07) is 29.7. The van der Waals surface area contributed by atoms with Gasteiger partial charge in [-0.3, -0.25) is 10.1 Å². The van der Waals surface area contributed by atoms with Crippen molar-refractivity contribution < 1.29 is 9.59 Å². The molecule has 32 heavy (non-hydrogen) atoms. The minimum atomic E-state index is -0.516. The Kier molecular flexibility index (Phi) is 5.21. The van der Waals surface area contributed by atoms with Crippen LogP contribution >= 0.6 is 15.9 Å². The molecule has 0 bridgehead atoms. The molecule has 1 aliphatic heterocycles. The van der Waals surface area contributed by atoms with E-state index in [0.717, 1.165) is 38.2 Å². The third kappa shape index (κ3) is 3.76. The average molecular weight is 484 g/mol. The molecular weight excluding hydrogens is 466 g/mol. The predicted octanol–water partition coefficient (Wildman–Crippen LogP) is 5.75. The summed E-state index contributed by atoms with van der Waals surface area (Å²) in [6.45, 7) is 0. The smallest absolute Gasteiger partial charge is 0.309 e. The second-order valence-electron chi connectivity index (χ2n) is 7.34. The zero-order valence-corrected chi connectivity index (χ0v) is 18.5. The summed E-state index contributed by atoms with van der Waals surface area (Å²) in [5.74, 6) is -0.438. The SMILES string of the molecule is O=C1NC(=O)/C(=C\c2cc(-c3ccccc3)n(-c3ccc(Br)cc3)c2-c2ccccc2)N1. The lowest BCUT2D eigenvalue weighted by atomic mass is 10.1. The number of benzene rings is 3. The van der Waals surface area contributed by atoms with Gasteiger partial charge in [-0.25, -0.2) is 4.79 Å². The van der Waals surface area contributed by atoms with Crippen LogP contribution in [0.1, 0.15) is 5.56 Å². The van der Waals surface area contributed by atoms with Gasteiger partial charge in [-0.15, -0.1) is 0 Å². The zero-order valence-electron chi connectivity index (χ0n) is 16.9. The highest BCUT2D eigenvalue weighted by molar-refractivity contribution is 9.10. The Hall–Kier alpha value is -3.90. The van der Waals surface area contributed by atoms with E-state index in [4.69, 9.17) is 0 Å². The van der Waals surface area contributed by atoms with Crippen LogP contribution in [0.4, 0.5) is 4.79 Å². The number of rotatable bonds is 4. The van der Waals surface area contributed by atoms with Gasteiger partial charge < -0.3 is 9.88 Å². The van der Waals surface area contributed by atoms with Crippen LogP contribution in [0.15, 0.2) is 101 Å². The largest absolute Gasteiger partial charge is 0.326 e. The second kappa shape index (κ2) is 8.32. The van der Waals surface area contributed by atoms with Gasteiger partial charge in [0.05, 0.1) is 11.4 Å². The number of carbonyl (C=O) groups excluding carboxylic acids is 2. The molecule has 1 saturated heterocycles. The molecule has 2 heterocycles. The van der Waals surface area contributed by atoms with E-state index in [9.17, 15) is 9.59 Å². The fourth-order valence-electron chi connectivity index (χ4n) is 3.85. The highest BCUT2D eigenvalue weighted by atomic mass is 79.9. The number of nitrogens with zero attached hydrogens (tertiary/aromatic N) is 1. The van der Waals surface area contributed by atoms with Crippen molar-refractivity contribution in [1.29, 1.82) is 0 Å². The minimum Gasteiger partial charge on any atom is -0.309 e. The monoisotopic (exact) mass is 483 g/mol. The fourth-order valence-corrected chi connectivity index (χ4v) is 4.11. The molecule has 5 rings (SSSR count). The van der Waals surface area contributed by atoms with Crippen molar-refractivity contribution >= 4 is 33.9 Å². The Morgan fingerprint density at radius 2 is 1.38 bits per heavy atom. The molecule has 1 aliphatic rings. The van der Waals surface area contributed by atoms with Gasteiger partial charge in [0.2, 0.25) is 0 Å². The maximum Gasteiger partial charge on any atom is 0.326 e. The van der Waals surface area contributed by atoms with Crippen molar-refractivity contribution in [3.63, 3.8) is 0 Å². The minimum absolute atomic E-state index is 0.222. The van der Waals surface area contributed by atoms with Crippen LogP contribution in [0.2, 0.25) is 0 Å². The fraction of sp³-hybridized carbons (Fsp3) is 0. The Morgan fingerprint density at radius 1 is 0.750 bits per heavy atom. The molecule has 0 spiro atoms. The molecule has 0 radical (unpaired) electrons. The topological polar surface area (TPSA) is 63.1 Å². The average Bonchev–Trinajstić information content (AvgIpc) is 3.34. The van der Waals surface area contributed by atoms with Gasteiger partial charge in [-0.2, -0.15) is 0 Å². The second-order valence-corrected chi connectivity index (χ2v) is 8.26. The molecule has 156 valence electrons. The van der Waals surface area contributed by atoms with Crippen molar-refractivity contribution in [2.45, 2.75) is 0 Å². The molecule has 5 nitrogen and oxygen atoms in total. The maximum atomic E-state index is 12.2.